The SMILES string of the molecule is CC/C=C\C/C=C\C/C=C\C/C=C\C/C=C\CCCC(=O)OCC(COCCCCCCCCCCCC/C=C\C/C=C\CCCCC)OC(=O)CCCCCCCCCCCCCCC. The Kier molecular flexibility index (Phi) is 53.9. The van der Waals surface area contributed by atoms with Crippen LogP contribution in [0.4, 0.5) is 0 Å². The number of ether oxygens (including phenoxy) is 3. The summed E-state index contributed by atoms with van der Waals surface area (Å²) in [5.74, 6) is -0.460. The Balaban J connectivity index is 4.32. The number of carbonyl (C=O) groups is 2. The van der Waals surface area contributed by atoms with Crippen molar-refractivity contribution in [2.45, 2.75) is 271 Å². The topological polar surface area (TPSA) is 61.8 Å². The minimum Gasteiger partial charge on any atom is -0.462 e. The molecule has 0 aromatic carbocycles. The molecule has 0 amide bonds. The molecule has 0 rings (SSSR count). The lowest BCUT2D eigenvalue weighted by atomic mass is 10.0. The third kappa shape index (κ3) is 53.7. The van der Waals surface area contributed by atoms with E-state index in [1.807, 2.05) is 0 Å². The fraction of sp³-hybridized carbons (Fsp3) is 0.738. The van der Waals surface area contributed by atoms with Gasteiger partial charge in [-0.05, 0) is 89.9 Å². The second-order valence-corrected chi connectivity index (χ2v) is 18.5. The molecule has 0 aliphatic rings. The summed E-state index contributed by atoms with van der Waals surface area (Å²) in [6.07, 6.45) is 74.6. The van der Waals surface area contributed by atoms with Gasteiger partial charge in [0.05, 0.1) is 6.61 Å². The maximum Gasteiger partial charge on any atom is 0.306 e. The molecule has 0 N–H and O–H groups in total. The summed E-state index contributed by atoms with van der Waals surface area (Å²) < 4.78 is 17.4. The van der Waals surface area contributed by atoms with Crippen LogP contribution in [0.25, 0.3) is 0 Å². The molecule has 66 heavy (non-hydrogen) atoms. The molecular formula is C61H106O5. The van der Waals surface area contributed by atoms with Gasteiger partial charge in [-0.2, -0.15) is 0 Å². The van der Waals surface area contributed by atoms with Gasteiger partial charge in [0.15, 0.2) is 6.10 Å². The Morgan fingerprint density at radius 3 is 1.17 bits per heavy atom. The highest BCUT2D eigenvalue weighted by Gasteiger charge is 2.17. The highest BCUT2D eigenvalue weighted by molar-refractivity contribution is 5.70. The third-order valence-corrected chi connectivity index (χ3v) is 11.9. The number of esters is 2. The zero-order chi connectivity index (χ0) is 47.7. The Hall–Kier alpha value is -2.92. The number of rotatable bonds is 51. The van der Waals surface area contributed by atoms with Crippen LogP contribution in [0, 0.1) is 0 Å². The molecule has 0 aromatic rings. The van der Waals surface area contributed by atoms with Crippen LogP contribution in [0.1, 0.15) is 265 Å². The van der Waals surface area contributed by atoms with Gasteiger partial charge in [0.2, 0.25) is 0 Å². The van der Waals surface area contributed by atoms with Crippen LogP contribution in [0.15, 0.2) is 85.1 Å². The zero-order valence-corrected chi connectivity index (χ0v) is 43.7. The summed E-state index contributed by atoms with van der Waals surface area (Å²) in [5.41, 5.74) is 0. The normalized spacial score (nSPS) is 12.8. The summed E-state index contributed by atoms with van der Waals surface area (Å²) in [5, 5.41) is 0. The summed E-state index contributed by atoms with van der Waals surface area (Å²) >= 11 is 0. The van der Waals surface area contributed by atoms with Gasteiger partial charge in [-0.3, -0.25) is 9.59 Å². The van der Waals surface area contributed by atoms with Gasteiger partial charge in [-0.15, -0.1) is 0 Å². The highest BCUT2D eigenvalue weighted by atomic mass is 16.6. The largest absolute Gasteiger partial charge is 0.462 e. The second kappa shape index (κ2) is 56.4. The molecular weight excluding hydrogens is 813 g/mol. The van der Waals surface area contributed by atoms with Crippen molar-refractivity contribution >= 4 is 11.9 Å². The molecule has 0 saturated carbocycles. The van der Waals surface area contributed by atoms with Gasteiger partial charge in [-0.1, -0.05) is 247 Å². The van der Waals surface area contributed by atoms with E-state index in [0.29, 0.717) is 19.4 Å². The molecule has 0 aliphatic carbocycles. The predicted octanol–water partition coefficient (Wildman–Crippen LogP) is 19.2. The zero-order valence-electron chi connectivity index (χ0n) is 43.7. The number of allylic oxidation sites excluding steroid dienone is 14. The predicted molar refractivity (Wildman–Crippen MR) is 288 cm³/mol. The van der Waals surface area contributed by atoms with Crippen LogP contribution >= 0.6 is 0 Å². The van der Waals surface area contributed by atoms with Crippen LogP contribution < -0.4 is 0 Å². The van der Waals surface area contributed by atoms with Gasteiger partial charge in [0, 0.05) is 19.4 Å². The van der Waals surface area contributed by atoms with Gasteiger partial charge < -0.3 is 14.2 Å². The Morgan fingerprint density at radius 2 is 0.697 bits per heavy atom. The Bertz CT molecular complexity index is 1220. The maximum absolute atomic E-state index is 12.8. The van der Waals surface area contributed by atoms with Crippen LogP contribution in [-0.2, 0) is 23.8 Å². The van der Waals surface area contributed by atoms with Crippen molar-refractivity contribution in [2.75, 3.05) is 19.8 Å². The van der Waals surface area contributed by atoms with Crippen molar-refractivity contribution in [3.05, 3.63) is 85.1 Å². The quantitative estimate of drug-likeness (QED) is 0.0346. The lowest BCUT2D eigenvalue weighted by Crippen LogP contribution is -2.30. The number of hydrogen-bond acceptors (Lipinski definition) is 5. The fourth-order valence-corrected chi connectivity index (χ4v) is 7.75. The molecule has 0 heterocycles. The van der Waals surface area contributed by atoms with E-state index in [4.69, 9.17) is 14.2 Å². The van der Waals surface area contributed by atoms with Crippen molar-refractivity contribution in [1.29, 1.82) is 0 Å². The van der Waals surface area contributed by atoms with Gasteiger partial charge in [0.1, 0.15) is 6.61 Å². The average Bonchev–Trinajstić information content (AvgIpc) is 3.32. The number of hydrogen-bond donors (Lipinski definition) is 0. The third-order valence-electron chi connectivity index (χ3n) is 11.9. The van der Waals surface area contributed by atoms with E-state index in [2.05, 4.69) is 106 Å². The fourth-order valence-electron chi connectivity index (χ4n) is 7.75. The first-order valence-electron chi connectivity index (χ1n) is 28.1. The Labute approximate surface area is 409 Å². The van der Waals surface area contributed by atoms with Crippen molar-refractivity contribution in [1.82, 2.24) is 0 Å². The molecule has 0 bridgehead atoms. The number of unbranched alkanes of at least 4 members (excludes halogenated alkanes) is 26. The summed E-state index contributed by atoms with van der Waals surface area (Å²) in [6, 6.07) is 0. The average molecular weight is 920 g/mol. The van der Waals surface area contributed by atoms with Crippen molar-refractivity contribution in [3.8, 4) is 0 Å². The standard InChI is InChI=1S/C61H106O5/c1-4-7-10-13-16-19-22-25-27-29-30-31-33-35-38-41-44-47-50-53-56-64-57-59(66-61(63)55-52-49-46-43-40-36-24-21-18-15-12-9-6-3)58-65-60(62)54-51-48-45-42-39-37-34-32-28-26-23-20-17-14-11-8-5-2/h8,11,16-17,19-20,25-28,34,37,42,45,59H,4-7,9-10,12-15,18,21-24,29-33,35-36,38-41,43-44,46-58H2,1-3H3/b11-8-,19-16-,20-17-,27-25-,28-26-,37-34-,45-42-. The monoisotopic (exact) mass is 919 g/mol. The molecule has 380 valence electrons. The van der Waals surface area contributed by atoms with E-state index in [0.717, 1.165) is 77.0 Å². The molecule has 5 heteroatoms. The van der Waals surface area contributed by atoms with E-state index in [1.165, 1.54) is 154 Å². The first-order chi connectivity index (χ1) is 32.6. The molecule has 0 radical (unpaired) electrons. The molecule has 0 fully saturated rings. The molecule has 1 atom stereocenters. The van der Waals surface area contributed by atoms with E-state index in [-0.39, 0.29) is 25.2 Å². The first kappa shape index (κ1) is 63.1. The summed E-state index contributed by atoms with van der Waals surface area (Å²) in [6.45, 7) is 7.65. The van der Waals surface area contributed by atoms with E-state index in [1.54, 1.807) is 0 Å². The number of carbonyl (C=O) groups excluding carboxylic acids is 2. The van der Waals surface area contributed by atoms with E-state index in [9.17, 15) is 9.59 Å². The smallest absolute Gasteiger partial charge is 0.306 e. The van der Waals surface area contributed by atoms with Gasteiger partial charge in [-0.25, -0.2) is 0 Å². The molecule has 1 unspecified atom stereocenters. The second-order valence-electron chi connectivity index (χ2n) is 18.5. The maximum atomic E-state index is 12.8. The molecule has 0 spiro atoms. The van der Waals surface area contributed by atoms with E-state index >= 15 is 0 Å². The Morgan fingerprint density at radius 1 is 0.348 bits per heavy atom. The molecule has 0 aliphatic heterocycles. The minimum atomic E-state index is -0.562. The lowest BCUT2D eigenvalue weighted by molar-refractivity contribution is -0.163. The van der Waals surface area contributed by atoms with Gasteiger partial charge >= 0.3 is 11.9 Å². The van der Waals surface area contributed by atoms with Crippen LogP contribution in [-0.4, -0.2) is 37.9 Å². The van der Waals surface area contributed by atoms with Crippen LogP contribution in [0.2, 0.25) is 0 Å². The highest BCUT2D eigenvalue weighted by Crippen LogP contribution is 2.15. The molecule has 5 nitrogen and oxygen atoms in total. The first-order valence-corrected chi connectivity index (χ1v) is 28.1. The van der Waals surface area contributed by atoms with Crippen molar-refractivity contribution < 1.29 is 23.8 Å². The summed E-state index contributed by atoms with van der Waals surface area (Å²) in [4.78, 5) is 25.4. The molecule has 0 saturated heterocycles. The van der Waals surface area contributed by atoms with Crippen LogP contribution in [0.5, 0.6) is 0 Å². The minimum absolute atomic E-state index is 0.0540. The van der Waals surface area contributed by atoms with Crippen molar-refractivity contribution in [3.63, 3.8) is 0 Å². The van der Waals surface area contributed by atoms with Crippen molar-refractivity contribution in [2.24, 2.45) is 0 Å². The van der Waals surface area contributed by atoms with Crippen LogP contribution in [0.3, 0.4) is 0 Å². The van der Waals surface area contributed by atoms with Gasteiger partial charge in [0.25, 0.3) is 0 Å². The van der Waals surface area contributed by atoms with E-state index < -0.39 is 6.10 Å². The summed E-state index contributed by atoms with van der Waals surface area (Å²) in [7, 11) is 0. The lowest BCUT2D eigenvalue weighted by Gasteiger charge is -2.18. The molecule has 0 aromatic heterocycles.